The van der Waals surface area contributed by atoms with Crippen molar-refractivity contribution in [1.29, 1.82) is 0 Å². The number of sulfonamides is 1. The van der Waals surface area contributed by atoms with Gasteiger partial charge in [-0.1, -0.05) is 11.6 Å². The van der Waals surface area contributed by atoms with Gasteiger partial charge in [-0.2, -0.15) is 0 Å². The molecule has 17 heavy (non-hydrogen) atoms. The second-order valence-electron chi connectivity index (χ2n) is 3.21. The molecule has 1 heterocycles. The number of hydrogen-bond acceptors (Lipinski definition) is 4. The number of hydrogen-bond donors (Lipinski definition) is 2. The number of nitrogens with zero attached hydrogens (tertiary/aromatic N) is 1. The van der Waals surface area contributed by atoms with Gasteiger partial charge in [-0.15, -0.1) is 0 Å². The topological polar surface area (TPSA) is 96.4 Å². The largest absolute Gasteiger partial charge is 0.481 e. The lowest BCUT2D eigenvalue weighted by molar-refractivity contribution is -0.137. The molecule has 1 aromatic rings. The van der Waals surface area contributed by atoms with Crippen molar-refractivity contribution in [3.63, 3.8) is 0 Å². The van der Waals surface area contributed by atoms with Crippen LogP contribution in [0.15, 0.2) is 23.2 Å². The van der Waals surface area contributed by atoms with Crippen LogP contribution in [-0.4, -0.2) is 31.0 Å². The third-order valence-electron chi connectivity index (χ3n) is 1.87. The van der Waals surface area contributed by atoms with Gasteiger partial charge >= 0.3 is 5.97 Å². The van der Waals surface area contributed by atoms with Crippen LogP contribution in [0, 0.1) is 0 Å². The van der Waals surface area contributed by atoms with Gasteiger partial charge in [0.25, 0.3) is 0 Å². The van der Waals surface area contributed by atoms with E-state index in [0.717, 1.165) is 6.20 Å². The molecule has 0 aliphatic carbocycles. The second kappa shape index (κ2) is 5.95. The predicted molar refractivity (Wildman–Crippen MR) is 61.3 cm³/mol. The van der Waals surface area contributed by atoms with Crippen LogP contribution in [0.25, 0.3) is 0 Å². The summed E-state index contributed by atoms with van der Waals surface area (Å²) in [6.45, 7) is 0.0667. The average molecular weight is 279 g/mol. The van der Waals surface area contributed by atoms with Gasteiger partial charge in [0.2, 0.25) is 10.0 Å². The highest BCUT2D eigenvalue weighted by Crippen LogP contribution is 2.10. The molecule has 0 atom stereocenters. The van der Waals surface area contributed by atoms with Crippen LogP contribution < -0.4 is 4.72 Å². The van der Waals surface area contributed by atoms with Crippen LogP contribution >= 0.6 is 11.6 Å². The van der Waals surface area contributed by atoms with E-state index in [9.17, 15) is 13.2 Å². The zero-order valence-electron chi connectivity index (χ0n) is 8.76. The second-order valence-corrected chi connectivity index (χ2v) is 5.37. The van der Waals surface area contributed by atoms with Crippen molar-refractivity contribution in [3.8, 4) is 0 Å². The Hall–Kier alpha value is -1.18. The summed E-state index contributed by atoms with van der Waals surface area (Å²) in [5, 5.41) is 8.59. The Morgan fingerprint density at radius 2 is 2.18 bits per heavy atom. The molecule has 1 aromatic heterocycles. The highest BCUT2D eigenvalue weighted by Gasteiger charge is 2.13. The summed E-state index contributed by atoms with van der Waals surface area (Å²) in [4.78, 5) is 13.9. The minimum atomic E-state index is -3.64. The number of pyridine rings is 1. The summed E-state index contributed by atoms with van der Waals surface area (Å²) in [5.74, 6) is -0.961. The lowest BCUT2D eigenvalue weighted by Crippen LogP contribution is -2.25. The van der Waals surface area contributed by atoms with E-state index in [1.807, 2.05) is 0 Å². The number of carboxylic acid groups (broad SMARTS) is 1. The third kappa shape index (κ3) is 4.68. The van der Waals surface area contributed by atoms with Crippen LogP contribution in [0.3, 0.4) is 0 Å². The Kier molecular flexibility index (Phi) is 4.86. The molecule has 8 heteroatoms. The number of aliphatic carboxylic acids is 1. The first-order valence-electron chi connectivity index (χ1n) is 4.75. The molecule has 94 valence electrons. The van der Waals surface area contributed by atoms with Gasteiger partial charge in [-0.3, -0.25) is 4.79 Å². The van der Waals surface area contributed by atoms with E-state index in [1.165, 1.54) is 12.1 Å². The molecule has 1 rings (SSSR count). The molecule has 0 fully saturated rings. The maximum atomic E-state index is 11.6. The zero-order valence-corrected chi connectivity index (χ0v) is 10.3. The van der Waals surface area contributed by atoms with Crippen LogP contribution in [0.2, 0.25) is 5.15 Å². The SMILES string of the molecule is O=C(O)CCCNS(=O)(=O)c1ccc(Cl)nc1. The van der Waals surface area contributed by atoms with Crippen LogP contribution in [0.5, 0.6) is 0 Å². The van der Waals surface area contributed by atoms with E-state index in [4.69, 9.17) is 16.7 Å². The van der Waals surface area contributed by atoms with Crippen molar-refractivity contribution in [2.75, 3.05) is 6.54 Å². The highest BCUT2D eigenvalue weighted by atomic mass is 35.5. The van der Waals surface area contributed by atoms with Gasteiger partial charge in [0.05, 0.1) is 0 Å². The summed E-state index contributed by atoms with van der Waals surface area (Å²) in [5.41, 5.74) is 0. The summed E-state index contributed by atoms with van der Waals surface area (Å²) in [7, 11) is -3.64. The normalized spacial score (nSPS) is 11.4. The molecule has 0 aliphatic rings. The molecule has 0 saturated heterocycles. The van der Waals surface area contributed by atoms with Crippen molar-refractivity contribution < 1.29 is 18.3 Å². The number of halogens is 1. The average Bonchev–Trinajstić information content (AvgIpc) is 2.25. The lowest BCUT2D eigenvalue weighted by Gasteiger charge is -2.05. The van der Waals surface area contributed by atoms with Gasteiger partial charge in [0.1, 0.15) is 10.0 Å². The molecule has 0 spiro atoms. The molecule has 0 radical (unpaired) electrons. The number of aromatic nitrogens is 1. The van der Waals surface area contributed by atoms with Crippen molar-refractivity contribution >= 4 is 27.6 Å². The maximum Gasteiger partial charge on any atom is 0.303 e. The van der Waals surface area contributed by atoms with Gasteiger partial charge in [-0.05, 0) is 18.6 Å². The molecule has 0 amide bonds. The van der Waals surface area contributed by atoms with Crippen molar-refractivity contribution in [1.82, 2.24) is 9.71 Å². The Bertz CT molecular complexity index is 486. The summed E-state index contributed by atoms with van der Waals surface area (Å²) < 4.78 is 25.6. The van der Waals surface area contributed by atoms with E-state index < -0.39 is 16.0 Å². The maximum absolute atomic E-state index is 11.6. The minimum Gasteiger partial charge on any atom is -0.481 e. The first-order chi connectivity index (χ1) is 7.92. The molecule has 2 N–H and O–H groups in total. The molecule has 0 aromatic carbocycles. The third-order valence-corrected chi connectivity index (χ3v) is 3.54. The predicted octanol–water partition coefficient (Wildman–Crippen LogP) is 0.878. The molecule has 6 nitrogen and oxygen atoms in total. The highest BCUT2D eigenvalue weighted by molar-refractivity contribution is 7.89. The van der Waals surface area contributed by atoms with Gasteiger partial charge in [0.15, 0.2) is 0 Å². The van der Waals surface area contributed by atoms with Gasteiger partial charge in [0, 0.05) is 19.2 Å². The van der Waals surface area contributed by atoms with E-state index in [-0.39, 0.29) is 29.4 Å². The quantitative estimate of drug-likeness (QED) is 0.595. The van der Waals surface area contributed by atoms with Crippen molar-refractivity contribution in [2.24, 2.45) is 0 Å². The molecule has 0 unspecified atom stereocenters. The molecular formula is C9H11ClN2O4S. The fraction of sp³-hybridized carbons (Fsp3) is 0.333. The zero-order chi connectivity index (χ0) is 12.9. The van der Waals surface area contributed by atoms with E-state index in [0.29, 0.717) is 0 Å². The number of nitrogens with one attached hydrogen (secondary N) is 1. The Balaban J connectivity index is 2.57. The molecular weight excluding hydrogens is 268 g/mol. The fourth-order valence-corrected chi connectivity index (χ4v) is 2.18. The van der Waals surface area contributed by atoms with Crippen molar-refractivity contribution in [3.05, 3.63) is 23.5 Å². The summed E-state index contributed by atoms with van der Waals surface area (Å²) >= 11 is 5.53. The first-order valence-corrected chi connectivity index (χ1v) is 6.61. The first kappa shape index (κ1) is 13.9. The molecule has 0 bridgehead atoms. The number of carbonyl (C=O) groups is 1. The van der Waals surface area contributed by atoms with Crippen LogP contribution in [0.4, 0.5) is 0 Å². The summed E-state index contributed by atoms with van der Waals surface area (Å²) in [6, 6.07) is 2.70. The smallest absolute Gasteiger partial charge is 0.303 e. The number of rotatable bonds is 6. The number of carboxylic acids is 1. The van der Waals surface area contributed by atoms with Crippen LogP contribution in [-0.2, 0) is 14.8 Å². The van der Waals surface area contributed by atoms with E-state index >= 15 is 0 Å². The Morgan fingerprint density at radius 1 is 1.47 bits per heavy atom. The fourth-order valence-electron chi connectivity index (χ4n) is 1.05. The van der Waals surface area contributed by atoms with Crippen LogP contribution in [0.1, 0.15) is 12.8 Å². The minimum absolute atomic E-state index is 0.00257. The molecule has 0 aliphatic heterocycles. The van der Waals surface area contributed by atoms with Gasteiger partial charge in [-0.25, -0.2) is 18.1 Å². The van der Waals surface area contributed by atoms with Gasteiger partial charge < -0.3 is 5.11 Å². The monoisotopic (exact) mass is 278 g/mol. The van der Waals surface area contributed by atoms with E-state index in [2.05, 4.69) is 9.71 Å². The lowest BCUT2D eigenvalue weighted by atomic mass is 10.3. The van der Waals surface area contributed by atoms with E-state index in [1.54, 1.807) is 0 Å². The Morgan fingerprint density at radius 3 is 2.71 bits per heavy atom. The summed E-state index contributed by atoms with van der Waals surface area (Å²) in [6.07, 6.45) is 1.29. The standard InChI is InChI=1S/C9H11ClN2O4S/c10-8-4-3-7(6-11-8)17(15,16)12-5-1-2-9(13)14/h3-4,6,12H,1-2,5H2,(H,13,14). The Labute approximate surface area is 104 Å². The van der Waals surface area contributed by atoms with Crippen molar-refractivity contribution in [2.45, 2.75) is 17.7 Å². The molecule has 0 saturated carbocycles.